The Morgan fingerprint density at radius 1 is 1.00 bits per heavy atom. The molecule has 8 nitrogen and oxygen atoms in total. The smallest absolute Gasteiger partial charge is 0.338 e. The maximum absolute atomic E-state index is 13.1. The van der Waals surface area contributed by atoms with Crippen molar-refractivity contribution in [2.45, 2.75) is 32.9 Å². The highest BCUT2D eigenvalue weighted by molar-refractivity contribution is 6.35. The number of rotatable bonds is 8. The largest absolute Gasteiger partial charge is 0.462 e. The van der Waals surface area contributed by atoms with Crippen LogP contribution in [0.15, 0.2) is 48.5 Å². The maximum Gasteiger partial charge on any atom is 0.338 e. The van der Waals surface area contributed by atoms with Crippen molar-refractivity contribution in [2.75, 3.05) is 25.0 Å². The predicted octanol–water partition coefficient (Wildman–Crippen LogP) is 2.59. The Hall–Kier alpha value is -3.75. The molecule has 0 bridgehead atoms. The molecule has 3 amide bonds. The van der Waals surface area contributed by atoms with Gasteiger partial charge in [-0.3, -0.25) is 14.4 Å². The second-order valence-corrected chi connectivity index (χ2v) is 7.56. The number of benzene rings is 2. The maximum atomic E-state index is 13.1. The summed E-state index contributed by atoms with van der Waals surface area (Å²) in [5, 5.41) is 2.73. The third kappa shape index (κ3) is 5.74. The van der Waals surface area contributed by atoms with Gasteiger partial charge in [0.2, 0.25) is 5.91 Å². The Bertz CT molecular complexity index is 1020. The van der Waals surface area contributed by atoms with E-state index in [0.29, 0.717) is 23.2 Å². The van der Waals surface area contributed by atoms with Crippen LogP contribution in [0.4, 0.5) is 10.1 Å². The highest BCUT2D eigenvalue weighted by Gasteiger charge is 2.38. The van der Waals surface area contributed by atoms with E-state index >= 15 is 0 Å². The molecule has 174 valence electrons. The first-order valence-electron chi connectivity index (χ1n) is 10.8. The molecule has 0 aromatic heterocycles. The molecule has 1 unspecified atom stereocenters. The van der Waals surface area contributed by atoms with E-state index in [2.05, 4.69) is 5.32 Å². The van der Waals surface area contributed by atoms with Crippen molar-refractivity contribution in [2.24, 2.45) is 0 Å². The molecule has 1 fully saturated rings. The van der Waals surface area contributed by atoms with Crippen LogP contribution < -0.4 is 5.32 Å². The van der Waals surface area contributed by atoms with Gasteiger partial charge in [0, 0.05) is 25.3 Å². The number of carbonyl (C=O) groups is 4. The van der Waals surface area contributed by atoms with Crippen LogP contribution in [0.2, 0.25) is 0 Å². The molecule has 1 aliphatic rings. The van der Waals surface area contributed by atoms with Crippen LogP contribution in [-0.4, -0.2) is 59.2 Å². The molecule has 9 heteroatoms. The summed E-state index contributed by atoms with van der Waals surface area (Å²) < 4.78 is 18.0. The van der Waals surface area contributed by atoms with E-state index in [1.54, 1.807) is 38.1 Å². The molecule has 1 aliphatic heterocycles. The Balaban J connectivity index is 1.63. The molecular weight excluding hydrogens is 429 g/mol. The van der Waals surface area contributed by atoms with E-state index in [-0.39, 0.29) is 32.1 Å². The number of nitrogens with zero attached hydrogens (tertiary/aromatic N) is 2. The van der Waals surface area contributed by atoms with Crippen LogP contribution >= 0.6 is 0 Å². The van der Waals surface area contributed by atoms with Gasteiger partial charge in [-0.15, -0.1) is 0 Å². The zero-order valence-electron chi connectivity index (χ0n) is 18.5. The number of esters is 1. The standard InChI is InChI=1S/C24H26FN3O5/c1-3-20(21(29)26-19-11-7-17(8-12-19)24(32)33-4-2)28-14-13-27(22(30)23(28)31)15-16-5-9-18(25)10-6-16/h5-12,20H,3-4,13-15H2,1-2H3,(H,26,29). The van der Waals surface area contributed by atoms with Crippen LogP contribution in [0.1, 0.15) is 36.2 Å². The Kier molecular flexibility index (Phi) is 7.76. The number of ether oxygens (including phenoxy) is 1. The molecule has 2 aromatic rings. The van der Waals surface area contributed by atoms with Gasteiger partial charge >= 0.3 is 17.8 Å². The fourth-order valence-electron chi connectivity index (χ4n) is 3.63. The molecule has 1 atom stereocenters. The first-order chi connectivity index (χ1) is 15.8. The Morgan fingerprint density at radius 2 is 1.67 bits per heavy atom. The number of piperazine rings is 1. The summed E-state index contributed by atoms with van der Waals surface area (Å²) >= 11 is 0. The van der Waals surface area contributed by atoms with E-state index in [4.69, 9.17) is 4.74 Å². The van der Waals surface area contributed by atoms with Gasteiger partial charge in [-0.25, -0.2) is 9.18 Å². The highest BCUT2D eigenvalue weighted by Crippen LogP contribution is 2.17. The molecule has 0 spiro atoms. The topological polar surface area (TPSA) is 96.0 Å². The average Bonchev–Trinajstić information content (AvgIpc) is 2.81. The molecule has 33 heavy (non-hydrogen) atoms. The first kappa shape index (κ1) is 23.9. The van der Waals surface area contributed by atoms with Crippen LogP contribution in [0.5, 0.6) is 0 Å². The Labute approximate surface area is 191 Å². The first-order valence-corrected chi connectivity index (χ1v) is 10.8. The second kappa shape index (κ2) is 10.7. The molecule has 0 saturated carbocycles. The lowest BCUT2D eigenvalue weighted by atomic mass is 10.1. The van der Waals surface area contributed by atoms with Crippen molar-refractivity contribution >= 4 is 29.4 Å². The van der Waals surface area contributed by atoms with E-state index in [1.165, 1.54) is 34.1 Å². The normalized spacial score (nSPS) is 14.8. The lowest BCUT2D eigenvalue weighted by molar-refractivity contribution is -0.159. The molecule has 1 saturated heterocycles. The second-order valence-electron chi connectivity index (χ2n) is 7.56. The third-order valence-corrected chi connectivity index (χ3v) is 5.36. The van der Waals surface area contributed by atoms with Crippen LogP contribution in [0, 0.1) is 5.82 Å². The monoisotopic (exact) mass is 455 g/mol. The minimum atomic E-state index is -0.820. The van der Waals surface area contributed by atoms with Gasteiger partial charge in [0.05, 0.1) is 12.2 Å². The summed E-state index contributed by atoms with van der Waals surface area (Å²) in [7, 11) is 0. The molecule has 0 radical (unpaired) electrons. The number of nitrogens with one attached hydrogen (secondary N) is 1. The quantitative estimate of drug-likeness (QED) is 0.488. The number of halogens is 1. The van der Waals surface area contributed by atoms with E-state index < -0.39 is 29.7 Å². The summed E-state index contributed by atoms with van der Waals surface area (Å²) in [6.45, 7) is 4.40. The lowest BCUT2D eigenvalue weighted by Crippen LogP contribution is -2.59. The van der Waals surface area contributed by atoms with Gasteiger partial charge in [-0.05, 0) is 55.3 Å². The highest BCUT2D eigenvalue weighted by atomic mass is 19.1. The molecule has 0 aliphatic carbocycles. The molecule has 3 rings (SSSR count). The third-order valence-electron chi connectivity index (χ3n) is 5.36. The van der Waals surface area contributed by atoms with Gasteiger partial charge in [0.15, 0.2) is 0 Å². The van der Waals surface area contributed by atoms with Crippen molar-refractivity contribution in [1.82, 2.24) is 9.80 Å². The van der Waals surface area contributed by atoms with Gasteiger partial charge in [0.25, 0.3) is 0 Å². The summed E-state index contributed by atoms with van der Waals surface area (Å²) in [6.07, 6.45) is 0.323. The van der Waals surface area contributed by atoms with Crippen molar-refractivity contribution in [3.8, 4) is 0 Å². The number of amides is 3. The minimum absolute atomic E-state index is 0.189. The van der Waals surface area contributed by atoms with Crippen molar-refractivity contribution in [3.63, 3.8) is 0 Å². The summed E-state index contributed by atoms with van der Waals surface area (Å²) in [6, 6.07) is 11.1. The van der Waals surface area contributed by atoms with Crippen molar-refractivity contribution < 1.29 is 28.3 Å². The summed E-state index contributed by atoms with van der Waals surface area (Å²) in [4.78, 5) is 52.7. The lowest BCUT2D eigenvalue weighted by Gasteiger charge is -2.37. The van der Waals surface area contributed by atoms with Gasteiger partial charge < -0.3 is 19.9 Å². The van der Waals surface area contributed by atoms with Crippen molar-refractivity contribution in [3.05, 3.63) is 65.5 Å². The van der Waals surface area contributed by atoms with Crippen LogP contribution in [-0.2, 0) is 25.7 Å². The predicted molar refractivity (Wildman–Crippen MR) is 119 cm³/mol. The molecular formula is C24H26FN3O5. The average molecular weight is 455 g/mol. The zero-order chi connectivity index (χ0) is 24.0. The number of hydrogen-bond acceptors (Lipinski definition) is 5. The number of hydrogen-bond donors (Lipinski definition) is 1. The summed E-state index contributed by atoms with van der Waals surface area (Å²) in [5.41, 5.74) is 1.53. The number of anilines is 1. The SMILES string of the molecule is CCOC(=O)c1ccc(NC(=O)C(CC)N2CCN(Cc3ccc(F)cc3)C(=O)C2=O)cc1. The van der Waals surface area contributed by atoms with Gasteiger partial charge in [-0.2, -0.15) is 0 Å². The van der Waals surface area contributed by atoms with Crippen molar-refractivity contribution in [1.29, 1.82) is 0 Å². The summed E-state index contributed by atoms with van der Waals surface area (Å²) in [5.74, 6) is -2.70. The number of carbonyl (C=O) groups excluding carboxylic acids is 4. The van der Waals surface area contributed by atoms with Gasteiger partial charge in [-0.1, -0.05) is 19.1 Å². The molecule has 1 heterocycles. The van der Waals surface area contributed by atoms with E-state index in [0.717, 1.165) is 0 Å². The molecule has 2 aromatic carbocycles. The van der Waals surface area contributed by atoms with E-state index in [9.17, 15) is 23.6 Å². The zero-order valence-corrected chi connectivity index (χ0v) is 18.5. The van der Waals surface area contributed by atoms with Crippen LogP contribution in [0.3, 0.4) is 0 Å². The fourth-order valence-corrected chi connectivity index (χ4v) is 3.63. The van der Waals surface area contributed by atoms with Gasteiger partial charge in [0.1, 0.15) is 11.9 Å². The van der Waals surface area contributed by atoms with Crippen LogP contribution in [0.25, 0.3) is 0 Å². The Morgan fingerprint density at radius 3 is 2.27 bits per heavy atom. The molecule has 1 N–H and O–H groups in total. The minimum Gasteiger partial charge on any atom is -0.462 e. The van der Waals surface area contributed by atoms with E-state index in [1.807, 2.05) is 0 Å². The fraction of sp³-hybridized carbons (Fsp3) is 0.333.